The molecular formula is C13H19N3O4. The van der Waals surface area contributed by atoms with E-state index in [1.165, 1.54) is 0 Å². The van der Waals surface area contributed by atoms with Crippen molar-refractivity contribution in [2.45, 2.75) is 33.1 Å². The molecule has 1 aromatic heterocycles. The summed E-state index contributed by atoms with van der Waals surface area (Å²) in [6.45, 7) is 4.89. The van der Waals surface area contributed by atoms with Crippen molar-refractivity contribution in [1.82, 2.24) is 4.98 Å². The monoisotopic (exact) mass is 281 g/mol. The van der Waals surface area contributed by atoms with Crippen LogP contribution in [0.15, 0.2) is 12.3 Å². The van der Waals surface area contributed by atoms with Crippen LogP contribution in [0.25, 0.3) is 0 Å². The van der Waals surface area contributed by atoms with Crippen molar-refractivity contribution in [3.05, 3.63) is 27.9 Å². The van der Waals surface area contributed by atoms with E-state index in [-0.39, 0.29) is 17.1 Å². The smallest absolute Gasteiger partial charge is 0.339 e. The summed E-state index contributed by atoms with van der Waals surface area (Å²) in [7, 11) is 0. The number of unbranched alkanes of at least 4 members (excludes halogenated alkanes) is 1. The van der Waals surface area contributed by atoms with Gasteiger partial charge in [0.05, 0.1) is 4.92 Å². The number of aromatic carboxylic acids is 1. The summed E-state index contributed by atoms with van der Waals surface area (Å²) < 4.78 is 0. The molecule has 2 N–H and O–H groups in total. The quantitative estimate of drug-likeness (QED) is 0.431. The normalized spacial score (nSPS) is 10.6. The van der Waals surface area contributed by atoms with Gasteiger partial charge in [0.15, 0.2) is 0 Å². The third-order valence-corrected chi connectivity index (χ3v) is 2.82. The van der Waals surface area contributed by atoms with Crippen molar-refractivity contribution in [2.75, 3.05) is 11.9 Å². The highest BCUT2D eigenvalue weighted by Crippen LogP contribution is 2.19. The molecule has 0 radical (unpaired) electrons. The number of carboxylic acid groups (broad SMARTS) is 1. The van der Waals surface area contributed by atoms with Gasteiger partial charge in [-0.25, -0.2) is 9.78 Å². The van der Waals surface area contributed by atoms with Crippen molar-refractivity contribution < 1.29 is 14.8 Å². The summed E-state index contributed by atoms with van der Waals surface area (Å²) in [5.74, 6) is -0.416. The zero-order valence-electron chi connectivity index (χ0n) is 11.6. The maximum Gasteiger partial charge on any atom is 0.339 e. The standard InChI is InChI=1S/C13H19N3O4/c1-9(2)5-3-4-6-14-12-11(13(17)18)7-10(8-15-12)16(19)20/h7-9H,3-6H2,1-2H3,(H,14,15)(H,17,18). The molecule has 110 valence electrons. The van der Waals surface area contributed by atoms with Gasteiger partial charge in [0.25, 0.3) is 5.69 Å². The van der Waals surface area contributed by atoms with Gasteiger partial charge >= 0.3 is 5.97 Å². The third-order valence-electron chi connectivity index (χ3n) is 2.82. The molecule has 0 aromatic carbocycles. The molecule has 0 bridgehead atoms. The highest BCUT2D eigenvalue weighted by molar-refractivity contribution is 5.93. The Morgan fingerprint density at radius 2 is 2.20 bits per heavy atom. The topological polar surface area (TPSA) is 105 Å². The first kappa shape index (κ1) is 15.9. The van der Waals surface area contributed by atoms with E-state index in [1.807, 2.05) is 0 Å². The van der Waals surface area contributed by atoms with Crippen LogP contribution < -0.4 is 5.32 Å². The lowest BCUT2D eigenvalue weighted by atomic mass is 10.1. The van der Waals surface area contributed by atoms with E-state index in [9.17, 15) is 14.9 Å². The van der Waals surface area contributed by atoms with Gasteiger partial charge in [-0.15, -0.1) is 0 Å². The number of hydrogen-bond acceptors (Lipinski definition) is 5. The van der Waals surface area contributed by atoms with Gasteiger partial charge in [-0.05, 0) is 12.3 Å². The van der Waals surface area contributed by atoms with Crippen LogP contribution in [0.3, 0.4) is 0 Å². The third kappa shape index (κ3) is 4.83. The Hall–Kier alpha value is -2.18. The van der Waals surface area contributed by atoms with Gasteiger partial charge in [0.2, 0.25) is 0 Å². The van der Waals surface area contributed by atoms with Crippen LogP contribution in [-0.4, -0.2) is 27.5 Å². The molecule has 1 aromatic rings. The highest BCUT2D eigenvalue weighted by Gasteiger charge is 2.17. The summed E-state index contributed by atoms with van der Waals surface area (Å²) in [4.78, 5) is 24.8. The SMILES string of the molecule is CC(C)CCCCNc1ncc([N+](=O)[O-])cc1C(=O)O. The van der Waals surface area contributed by atoms with Crippen molar-refractivity contribution in [3.8, 4) is 0 Å². The van der Waals surface area contributed by atoms with Crippen LogP contribution in [0.5, 0.6) is 0 Å². The fourth-order valence-corrected chi connectivity index (χ4v) is 1.74. The Labute approximate surface area is 117 Å². The second-order valence-electron chi connectivity index (χ2n) is 4.97. The lowest BCUT2D eigenvalue weighted by Crippen LogP contribution is -2.10. The second-order valence-corrected chi connectivity index (χ2v) is 4.97. The minimum Gasteiger partial charge on any atom is -0.478 e. The Morgan fingerprint density at radius 1 is 1.50 bits per heavy atom. The molecule has 0 aliphatic carbocycles. The predicted molar refractivity (Wildman–Crippen MR) is 75.0 cm³/mol. The number of carboxylic acids is 1. The lowest BCUT2D eigenvalue weighted by molar-refractivity contribution is -0.385. The minimum atomic E-state index is -1.23. The molecule has 0 amide bonds. The summed E-state index contributed by atoms with van der Waals surface area (Å²) in [5.41, 5.74) is -0.504. The first-order valence-corrected chi connectivity index (χ1v) is 6.53. The molecule has 0 fully saturated rings. The largest absolute Gasteiger partial charge is 0.478 e. The number of nitrogens with one attached hydrogen (secondary N) is 1. The first-order valence-electron chi connectivity index (χ1n) is 6.53. The maximum atomic E-state index is 11.1. The van der Waals surface area contributed by atoms with Crippen LogP contribution in [0.2, 0.25) is 0 Å². The molecule has 0 saturated heterocycles. The molecule has 0 unspecified atom stereocenters. The fourth-order valence-electron chi connectivity index (χ4n) is 1.74. The molecular weight excluding hydrogens is 262 g/mol. The number of rotatable bonds is 8. The minimum absolute atomic E-state index is 0.174. The number of aromatic nitrogens is 1. The first-order chi connectivity index (χ1) is 9.41. The van der Waals surface area contributed by atoms with Gasteiger partial charge in [0.1, 0.15) is 17.6 Å². The van der Waals surface area contributed by atoms with Gasteiger partial charge in [-0.1, -0.05) is 26.7 Å². The maximum absolute atomic E-state index is 11.1. The van der Waals surface area contributed by atoms with E-state index in [2.05, 4.69) is 24.1 Å². The fraction of sp³-hybridized carbons (Fsp3) is 0.538. The van der Waals surface area contributed by atoms with E-state index in [4.69, 9.17) is 5.11 Å². The number of hydrogen-bond donors (Lipinski definition) is 2. The summed E-state index contributed by atoms with van der Waals surface area (Å²) in [6.07, 6.45) is 4.11. The van der Waals surface area contributed by atoms with Crippen LogP contribution in [-0.2, 0) is 0 Å². The summed E-state index contributed by atoms with van der Waals surface area (Å²) in [5, 5.41) is 22.6. The van der Waals surface area contributed by atoms with E-state index in [0.29, 0.717) is 12.5 Å². The van der Waals surface area contributed by atoms with Gasteiger partial charge in [-0.3, -0.25) is 10.1 Å². The number of nitrogens with zero attached hydrogens (tertiary/aromatic N) is 2. The van der Waals surface area contributed by atoms with Crippen molar-refractivity contribution in [3.63, 3.8) is 0 Å². The van der Waals surface area contributed by atoms with Crippen LogP contribution in [0.4, 0.5) is 11.5 Å². The van der Waals surface area contributed by atoms with E-state index >= 15 is 0 Å². The zero-order valence-corrected chi connectivity index (χ0v) is 11.6. The molecule has 1 heterocycles. The van der Waals surface area contributed by atoms with Crippen molar-refractivity contribution in [2.24, 2.45) is 5.92 Å². The second kappa shape index (κ2) is 7.42. The Morgan fingerprint density at radius 3 is 2.75 bits per heavy atom. The van der Waals surface area contributed by atoms with Gasteiger partial charge in [-0.2, -0.15) is 0 Å². The van der Waals surface area contributed by atoms with E-state index in [1.54, 1.807) is 0 Å². The van der Waals surface area contributed by atoms with Crippen LogP contribution >= 0.6 is 0 Å². The molecule has 20 heavy (non-hydrogen) atoms. The Balaban J connectivity index is 2.65. The summed E-state index contributed by atoms with van der Waals surface area (Å²) in [6, 6.07) is 1.02. The van der Waals surface area contributed by atoms with Gasteiger partial charge in [0, 0.05) is 12.6 Å². The molecule has 0 spiro atoms. The molecule has 7 nitrogen and oxygen atoms in total. The predicted octanol–water partition coefficient (Wildman–Crippen LogP) is 2.93. The Kier molecular flexibility index (Phi) is 5.89. The van der Waals surface area contributed by atoms with E-state index < -0.39 is 10.9 Å². The van der Waals surface area contributed by atoms with Crippen LogP contribution in [0, 0.1) is 16.0 Å². The molecule has 0 aliphatic heterocycles. The molecule has 0 aliphatic rings. The van der Waals surface area contributed by atoms with Crippen molar-refractivity contribution in [1.29, 1.82) is 0 Å². The van der Waals surface area contributed by atoms with Crippen LogP contribution in [0.1, 0.15) is 43.5 Å². The average Bonchev–Trinajstić information content (AvgIpc) is 2.37. The molecule has 0 atom stereocenters. The molecule has 7 heteroatoms. The molecule has 1 rings (SSSR count). The van der Waals surface area contributed by atoms with E-state index in [0.717, 1.165) is 31.5 Å². The zero-order chi connectivity index (χ0) is 15.1. The number of pyridine rings is 1. The van der Waals surface area contributed by atoms with Gasteiger partial charge < -0.3 is 10.4 Å². The lowest BCUT2D eigenvalue weighted by Gasteiger charge is -2.09. The molecule has 0 saturated carbocycles. The average molecular weight is 281 g/mol. The van der Waals surface area contributed by atoms with Crippen molar-refractivity contribution >= 4 is 17.5 Å². The summed E-state index contributed by atoms with van der Waals surface area (Å²) >= 11 is 0. The highest BCUT2D eigenvalue weighted by atomic mass is 16.6. The Bertz CT molecular complexity index is 489. The number of carbonyl (C=O) groups is 1. The number of anilines is 1. The number of nitro groups is 1.